The van der Waals surface area contributed by atoms with E-state index in [4.69, 9.17) is 5.73 Å². The molecule has 3 aromatic rings. The van der Waals surface area contributed by atoms with Crippen molar-refractivity contribution in [1.82, 2.24) is 29.5 Å². The van der Waals surface area contributed by atoms with Crippen molar-refractivity contribution in [3.8, 4) is 5.82 Å². The monoisotopic (exact) mass is 256 g/mol. The molecular formula is C11H12N8. The van der Waals surface area contributed by atoms with Crippen LogP contribution in [0.2, 0.25) is 0 Å². The van der Waals surface area contributed by atoms with Crippen LogP contribution >= 0.6 is 0 Å². The molecule has 0 atom stereocenters. The molecule has 0 aliphatic carbocycles. The fourth-order valence-electron chi connectivity index (χ4n) is 1.61. The Morgan fingerprint density at radius 1 is 1.21 bits per heavy atom. The molecule has 0 unspecified atom stereocenters. The second kappa shape index (κ2) is 4.41. The van der Waals surface area contributed by atoms with E-state index in [-0.39, 0.29) is 0 Å². The summed E-state index contributed by atoms with van der Waals surface area (Å²) in [5.41, 5.74) is 7.03. The molecule has 0 saturated carbocycles. The molecule has 3 aromatic heterocycles. The second-order valence-electron chi connectivity index (χ2n) is 3.98. The Hall–Kier alpha value is -2.90. The van der Waals surface area contributed by atoms with E-state index in [1.165, 1.54) is 0 Å². The van der Waals surface area contributed by atoms with Gasteiger partial charge in [0.25, 0.3) is 0 Å². The van der Waals surface area contributed by atoms with Gasteiger partial charge in [-0.1, -0.05) is 0 Å². The summed E-state index contributed by atoms with van der Waals surface area (Å²) in [6.07, 6.45) is 8.44. The number of nitrogens with one attached hydrogen (secondary N) is 1. The second-order valence-corrected chi connectivity index (χ2v) is 3.98. The zero-order chi connectivity index (χ0) is 13.2. The highest BCUT2D eigenvalue weighted by Crippen LogP contribution is 2.13. The topological polar surface area (TPSA) is 99.5 Å². The summed E-state index contributed by atoms with van der Waals surface area (Å²) >= 11 is 0. The van der Waals surface area contributed by atoms with Crippen LogP contribution in [0, 0.1) is 0 Å². The van der Waals surface area contributed by atoms with E-state index in [9.17, 15) is 0 Å². The first-order chi connectivity index (χ1) is 9.20. The summed E-state index contributed by atoms with van der Waals surface area (Å²) in [6.45, 7) is 0. The molecule has 0 amide bonds. The molecule has 0 bridgehead atoms. The van der Waals surface area contributed by atoms with Gasteiger partial charge in [-0.25, -0.2) is 9.67 Å². The van der Waals surface area contributed by atoms with Crippen molar-refractivity contribution in [2.24, 2.45) is 7.05 Å². The fourth-order valence-corrected chi connectivity index (χ4v) is 1.61. The summed E-state index contributed by atoms with van der Waals surface area (Å²) in [5, 5.41) is 11.2. The molecule has 0 radical (unpaired) electrons. The third-order valence-electron chi connectivity index (χ3n) is 2.44. The maximum absolute atomic E-state index is 5.63. The molecule has 19 heavy (non-hydrogen) atoms. The van der Waals surface area contributed by atoms with E-state index < -0.39 is 0 Å². The highest BCUT2D eigenvalue weighted by atomic mass is 15.3. The van der Waals surface area contributed by atoms with Crippen LogP contribution in [0.5, 0.6) is 0 Å². The first-order valence-electron chi connectivity index (χ1n) is 5.60. The largest absolute Gasteiger partial charge is 0.396 e. The minimum atomic E-state index is 0.472. The van der Waals surface area contributed by atoms with Crippen LogP contribution in [0.25, 0.3) is 5.82 Å². The Morgan fingerprint density at radius 3 is 2.79 bits per heavy atom. The molecule has 0 aromatic carbocycles. The number of nitrogen functional groups attached to an aromatic ring is 1. The van der Waals surface area contributed by atoms with Crippen LogP contribution in [0.15, 0.2) is 37.1 Å². The Labute approximate surface area is 108 Å². The van der Waals surface area contributed by atoms with Gasteiger partial charge in [0.1, 0.15) is 0 Å². The van der Waals surface area contributed by atoms with Crippen molar-refractivity contribution in [3.63, 3.8) is 0 Å². The Morgan fingerprint density at radius 2 is 2.11 bits per heavy atom. The molecular weight excluding hydrogens is 244 g/mol. The average molecular weight is 256 g/mol. The van der Waals surface area contributed by atoms with Gasteiger partial charge >= 0.3 is 0 Å². The normalized spacial score (nSPS) is 10.6. The molecule has 3 heterocycles. The predicted molar refractivity (Wildman–Crippen MR) is 70.1 cm³/mol. The van der Waals surface area contributed by atoms with Crippen molar-refractivity contribution in [2.75, 3.05) is 11.1 Å². The Kier molecular flexibility index (Phi) is 2.60. The first kappa shape index (κ1) is 11.2. The minimum absolute atomic E-state index is 0.472. The summed E-state index contributed by atoms with van der Waals surface area (Å²) in [5.74, 6) is 1.11. The van der Waals surface area contributed by atoms with E-state index in [0.717, 1.165) is 5.69 Å². The third-order valence-corrected chi connectivity index (χ3v) is 2.44. The number of nitrogens with zero attached hydrogens (tertiary/aromatic N) is 6. The van der Waals surface area contributed by atoms with Crippen molar-refractivity contribution in [1.29, 1.82) is 0 Å². The van der Waals surface area contributed by atoms with Gasteiger partial charge in [0, 0.05) is 25.5 Å². The number of hydrogen-bond donors (Lipinski definition) is 2. The van der Waals surface area contributed by atoms with E-state index in [2.05, 4.69) is 25.5 Å². The molecule has 96 valence electrons. The molecule has 0 saturated heterocycles. The first-order valence-corrected chi connectivity index (χ1v) is 5.60. The third kappa shape index (κ3) is 2.37. The number of rotatable bonds is 3. The number of aryl methyl sites for hydroxylation is 1. The lowest BCUT2D eigenvalue weighted by atomic mass is 10.5. The van der Waals surface area contributed by atoms with Crippen LogP contribution in [-0.2, 0) is 7.05 Å². The van der Waals surface area contributed by atoms with E-state index in [0.29, 0.717) is 17.5 Å². The van der Waals surface area contributed by atoms with Crippen LogP contribution in [-0.4, -0.2) is 29.5 Å². The summed E-state index contributed by atoms with van der Waals surface area (Å²) < 4.78 is 3.28. The summed E-state index contributed by atoms with van der Waals surface area (Å²) in [6, 6.07) is 1.75. The maximum atomic E-state index is 5.63. The maximum Gasteiger partial charge on any atom is 0.229 e. The Bertz CT molecular complexity index is 698. The van der Waals surface area contributed by atoms with E-state index in [1.54, 1.807) is 40.2 Å². The summed E-state index contributed by atoms with van der Waals surface area (Å²) in [7, 11) is 1.84. The average Bonchev–Trinajstić information content (AvgIpc) is 2.99. The lowest BCUT2D eigenvalue weighted by Crippen LogP contribution is -2.02. The number of hydrogen-bond acceptors (Lipinski definition) is 6. The zero-order valence-corrected chi connectivity index (χ0v) is 10.2. The number of anilines is 3. The van der Waals surface area contributed by atoms with Crippen LogP contribution in [0.1, 0.15) is 0 Å². The van der Waals surface area contributed by atoms with E-state index >= 15 is 0 Å². The van der Waals surface area contributed by atoms with Crippen molar-refractivity contribution in [2.45, 2.75) is 0 Å². The van der Waals surface area contributed by atoms with Crippen LogP contribution in [0.4, 0.5) is 17.3 Å². The van der Waals surface area contributed by atoms with Gasteiger partial charge in [0.2, 0.25) is 5.95 Å². The predicted octanol–water partition coefficient (Wildman–Crippen LogP) is 0.722. The van der Waals surface area contributed by atoms with Crippen molar-refractivity contribution in [3.05, 3.63) is 37.1 Å². The standard InChI is InChI=1S/C11H12N8/c1-18-7-9(5-14-18)16-11-13-3-2-10(17-11)19-6-8(12)4-15-19/h2-7H,12H2,1H3,(H,13,16,17). The highest BCUT2D eigenvalue weighted by molar-refractivity contribution is 5.51. The van der Waals surface area contributed by atoms with Gasteiger partial charge in [0.15, 0.2) is 5.82 Å². The Balaban J connectivity index is 1.87. The van der Waals surface area contributed by atoms with Crippen molar-refractivity contribution < 1.29 is 0 Å². The molecule has 0 aliphatic rings. The van der Waals surface area contributed by atoms with Gasteiger partial charge in [-0.2, -0.15) is 15.2 Å². The quantitative estimate of drug-likeness (QED) is 0.716. The molecule has 3 N–H and O–H groups in total. The van der Waals surface area contributed by atoms with Gasteiger partial charge in [-0.05, 0) is 0 Å². The molecule has 8 heteroatoms. The van der Waals surface area contributed by atoms with Gasteiger partial charge < -0.3 is 11.1 Å². The molecule has 0 spiro atoms. The smallest absolute Gasteiger partial charge is 0.229 e. The highest BCUT2D eigenvalue weighted by Gasteiger charge is 2.04. The lowest BCUT2D eigenvalue weighted by molar-refractivity contribution is 0.768. The summed E-state index contributed by atoms with van der Waals surface area (Å²) in [4.78, 5) is 8.49. The zero-order valence-electron chi connectivity index (χ0n) is 10.2. The SMILES string of the molecule is Cn1cc(Nc2nccc(-n3cc(N)cn3)n2)cn1. The molecule has 0 aliphatic heterocycles. The fraction of sp³-hybridized carbons (Fsp3) is 0.0909. The van der Waals surface area contributed by atoms with Crippen LogP contribution < -0.4 is 11.1 Å². The molecule has 0 fully saturated rings. The van der Waals surface area contributed by atoms with E-state index in [1.807, 2.05) is 13.2 Å². The number of aromatic nitrogens is 6. The van der Waals surface area contributed by atoms with Crippen molar-refractivity contribution >= 4 is 17.3 Å². The lowest BCUT2D eigenvalue weighted by Gasteiger charge is -2.04. The van der Waals surface area contributed by atoms with Gasteiger partial charge in [0.05, 0.1) is 30.0 Å². The minimum Gasteiger partial charge on any atom is -0.396 e. The molecule has 3 rings (SSSR count). The van der Waals surface area contributed by atoms with Gasteiger partial charge in [-0.3, -0.25) is 4.68 Å². The number of nitrogens with two attached hydrogens (primary N) is 1. The molecule has 8 nitrogen and oxygen atoms in total. The van der Waals surface area contributed by atoms with Crippen LogP contribution in [0.3, 0.4) is 0 Å². The van der Waals surface area contributed by atoms with Gasteiger partial charge in [-0.15, -0.1) is 0 Å².